The van der Waals surface area contributed by atoms with E-state index in [1.54, 1.807) is 12.1 Å². The molecule has 0 aliphatic rings. The average molecular weight is 253 g/mol. The molecule has 0 amide bonds. The Balaban J connectivity index is 2.35. The molecule has 2 rings (SSSR count). The molecule has 2 aromatic rings. The second-order valence-electron chi connectivity index (χ2n) is 3.44. The number of carbonyl (C=O) groups is 1. The molecule has 0 unspecified atom stereocenters. The lowest BCUT2D eigenvalue weighted by Gasteiger charge is -2.05. The molecule has 1 aromatic carbocycles. The smallest absolute Gasteiger partial charge is 0.339 e. The van der Waals surface area contributed by atoms with E-state index in [0.717, 1.165) is 5.69 Å². The van der Waals surface area contributed by atoms with Crippen LogP contribution in [-0.2, 0) is 0 Å². The SMILES string of the molecule is Cc1cc(Oc2ccc(Cl)cc2C(=O)O)n[nH]1. The number of halogens is 1. The van der Waals surface area contributed by atoms with Gasteiger partial charge >= 0.3 is 5.97 Å². The predicted octanol–water partition coefficient (Wildman–Crippen LogP) is 2.86. The van der Waals surface area contributed by atoms with E-state index in [9.17, 15) is 4.79 Å². The third-order valence-electron chi connectivity index (χ3n) is 2.07. The van der Waals surface area contributed by atoms with Gasteiger partial charge in [0.25, 0.3) is 0 Å². The normalized spacial score (nSPS) is 10.2. The Morgan fingerprint density at radius 1 is 1.47 bits per heavy atom. The summed E-state index contributed by atoms with van der Waals surface area (Å²) in [7, 11) is 0. The summed E-state index contributed by atoms with van der Waals surface area (Å²) in [5.41, 5.74) is 0.823. The standard InChI is InChI=1S/C11H9ClN2O3/c1-6-4-10(14-13-6)17-9-3-2-7(12)5-8(9)11(15)16/h2-5H,1H3,(H,13,14)(H,15,16). The number of carboxylic acid groups (broad SMARTS) is 1. The first kappa shape index (κ1) is 11.5. The summed E-state index contributed by atoms with van der Waals surface area (Å²) >= 11 is 5.73. The number of aromatic amines is 1. The van der Waals surface area contributed by atoms with Gasteiger partial charge in [0.2, 0.25) is 5.88 Å². The van der Waals surface area contributed by atoms with Crippen LogP contribution < -0.4 is 4.74 Å². The molecule has 6 heteroatoms. The van der Waals surface area contributed by atoms with Gasteiger partial charge in [-0.25, -0.2) is 4.79 Å². The highest BCUT2D eigenvalue weighted by atomic mass is 35.5. The molecule has 0 fully saturated rings. The van der Waals surface area contributed by atoms with Crippen LogP contribution in [0.25, 0.3) is 0 Å². The van der Waals surface area contributed by atoms with Crippen LogP contribution in [0.3, 0.4) is 0 Å². The Morgan fingerprint density at radius 2 is 2.24 bits per heavy atom. The van der Waals surface area contributed by atoms with Crippen molar-refractivity contribution in [2.75, 3.05) is 0 Å². The number of aryl methyl sites for hydroxylation is 1. The van der Waals surface area contributed by atoms with Gasteiger partial charge < -0.3 is 9.84 Å². The zero-order chi connectivity index (χ0) is 12.4. The number of carboxylic acids is 1. The molecule has 1 aromatic heterocycles. The van der Waals surface area contributed by atoms with E-state index in [1.165, 1.54) is 12.1 Å². The molecule has 0 saturated heterocycles. The first-order valence-corrected chi connectivity index (χ1v) is 5.17. The molecule has 0 spiro atoms. The van der Waals surface area contributed by atoms with E-state index in [2.05, 4.69) is 10.2 Å². The summed E-state index contributed by atoms with van der Waals surface area (Å²) in [6, 6.07) is 6.05. The van der Waals surface area contributed by atoms with Crippen molar-refractivity contribution in [1.29, 1.82) is 0 Å². The van der Waals surface area contributed by atoms with Crippen LogP contribution in [0.1, 0.15) is 16.1 Å². The molecule has 0 bridgehead atoms. The molecule has 5 nitrogen and oxygen atoms in total. The summed E-state index contributed by atoms with van der Waals surface area (Å²) < 4.78 is 5.36. The van der Waals surface area contributed by atoms with Gasteiger partial charge in [0.05, 0.1) is 0 Å². The fourth-order valence-electron chi connectivity index (χ4n) is 1.32. The molecule has 2 N–H and O–H groups in total. The fraction of sp³-hybridized carbons (Fsp3) is 0.0909. The molecule has 0 aliphatic carbocycles. The van der Waals surface area contributed by atoms with Crippen molar-refractivity contribution >= 4 is 17.6 Å². The Labute approximate surface area is 102 Å². The van der Waals surface area contributed by atoms with Crippen molar-refractivity contribution < 1.29 is 14.6 Å². The number of aromatic carboxylic acids is 1. The Hall–Kier alpha value is -2.01. The maximum atomic E-state index is 11.0. The minimum atomic E-state index is -1.10. The van der Waals surface area contributed by atoms with Gasteiger partial charge in [-0.3, -0.25) is 5.10 Å². The monoisotopic (exact) mass is 252 g/mol. The van der Waals surface area contributed by atoms with E-state index in [4.69, 9.17) is 21.4 Å². The highest BCUT2D eigenvalue weighted by Gasteiger charge is 2.13. The fourth-order valence-corrected chi connectivity index (χ4v) is 1.49. The van der Waals surface area contributed by atoms with Crippen LogP contribution in [0.4, 0.5) is 0 Å². The zero-order valence-corrected chi connectivity index (χ0v) is 9.65. The average Bonchev–Trinajstić information content (AvgIpc) is 2.66. The van der Waals surface area contributed by atoms with E-state index < -0.39 is 5.97 Å². The summed E-state index contributed by atoms with van der Waals surface area (Å²) in [6.07, 6.45) is 0. The number of H-pyrrole nitrogens is 1. The molecule has 1 heterocycles. The molecular weight excluding hydrogens is 244 g/mol. The third kappa shape index (κ3) is 2.57. The molecule has 88 valence electrons. The van der Waals surface area contributed by atoms with Crippen LogP contribution in [0, 0.1) is 6.92 Å². The van der Waals surface area contributed by atoms with Gasteiger partial charge in [-0.05, 0) is 25.1 Å². The van der Waals surface area contributed by atoms with Crippen LogP contribution >= 0.6 is 11.6 Å². The van der Waals surface area contributed by atoms with Gasteiger partial charge in [-0.2, -0.15) is 0 Å². The number of benzene rings is 1. The number of aromatic nitrogens is 2. The van der Waals surface area contributed by atoms with Gasteiger partial charge in [-0.15, -0.1) is 5.10 Å². The maximum absolute atomic E-state index is 11.0. The number of hydrogen-bond donors (Lipinski definition) is 2. The van der Waals surface area contributed by atoms with Crippen LogP contribution in [0.5, 0.6) is 11.6 Å². The van der Waals surface area contributed by atoms with E-state index in [1.807, 2.05) is 6.92 Å². The minimum absolute atomic E-state index is 0.00171. The van der Waals surface area contributed by atoms with Crippen molar-refractivity contribution in [3.05, 3.63) is 40.5 Å². The van der Waals surface area contributed by atoms with Crippen molar-refractivity contribution in [2.24, 2.45) is 0 Å². The van der Waals surface area contributed by atoms with Gasteiger partial charge in [0, 0.05) is 16.8 Å². The number of nitrogens with one attached hydrogen (secondary N) is 1. The number of rotatable bonds is 3. The van der Waals surface area contributed by atoms with Crippen molar-refractivity contribution in [1.82, 2.24) is 10.2 Å². The molecule has 17 heavy (non-hydrogen) atoms. The van der Waals surface area contributed by atoms with Crippen LogP contribution in [-0.4, -0.2) is 21.3 Å². The van der Waals surface area contributed by atoms with E-state index in [0.29, 0.717) is 10.9 Å². The number of hydrogen-bond acceptors (Lipinski definition) is 3. The number of ether oxygens (including phenoxy) is 1. The lowest BCUT2D eigenvalue weighted by molar-refractivity contribution is 0.0694. The van der Waals surface area contributed by atoms with Crippen LogP contribution in [0.2, 0.25) is 5.02 Å². The first-order valence-electron chi connectivity index (χ1n) is 4.79. The zero-order valence-electron chi connectivity index (χ0n) is 8.90. The largest absolute Gasteiger partial charge is 0.478 e. The topological polar surface area (TPSA) is 75.2 Å². The highest BCUT2D eigenvalue weighted by molar-refractivity contribution is 6.31. The highest BCUT2D eigenvalue weighted by Crippen LogP contribution is 2.27. The van der Waals surface area contributed by atoms with Crippen LogP contribution in [0.15, 0.2) is 24.3 Å². The second-order valence-corrected chi connectivity index (χ2v) is 3.87. The summed E-state index contributed by atoms with van der Waals surface area (Å²) in [6.45, 7) is 1.82. The summed E-state index contributed by atoms with van der Waals surface area (Å²) in [5.74, 6) is -0.588. The van der Waals surface area contributed by atoms with Gasteiger partial charge in [0.15, 0.2) is 0 Å². The lowest BCUT2D eigenvalue weighted by atomic mass is 10.2. The lowest BCUT2D eigenvalue weighted by Crippen LogP contribution is -2.00. The Bertz CT molecular complexity index is 566. The Kier molecular flexibility index (Phi) is 3.01. The Morgan fingerprint density at radius 3 is 2.82 bits per heavy atom. The summed E-state index contributed by atoms with van der Waals surface area (Å²) in [5, 5.41) is 15.9. The minimum Gasteiger partial charge on any atom is -0.478 e. The number of nitrogens with zero attached hydrogens (tertiary/aromatic N) is 1. The second kappa shape index (κ2) is 4.47. The predicted molar refractivity (Wildman–Crippen MR) is 61.8 cm³/mol. The van der Waals surface area contributed by atoms with E-state index >= 15 is 0 Å². The first-order chi connectivity index (χ1) is 8.06. The van der Waals surface area contributed by atoms with Crippen molar-refractivity contribution in [3.63, 3.8) is 0 Å². The van der Waals surface area contributed by atoms with E-state index in [-0.39, 0.29) is 11.3 Å². The maximum Gasteiger partial charge on any atom is 0.339 e. The molecular formula is C11H9ClN2O3. The molecule has 0 saturated carbocycles. The molecule has 0 aliphatic heterocycles. The quantitative estimate of drug-likeness (QED) is 0.881. The third-order valence-corrected chi connectivity index (χ3v) is 2.30. The van der Waals surface area contributed by atoms with Crippen molar-refractivity contribution in [3.8, 4) is 11.6 Å². The van der Waals surface area contributed by atoms with Gasteiger partial charge in [-0.1, -0.05) is 11.6 Å². The molecule has 0 atom stereocenters. The van der Waals surface area contributed by atoms with Gasteiger partial charge in [0.1, 0.15) is 11.3 Å². The van der Waals surface area contributed by atoms with Crippen molar-refractivity contribution in [2.45, 2.75) is 6.92 Å². The summed E-state index contributed by atoms with van der Waals surface area (Å²) in [4.78, 5) is 11.0. The molecule has 0 radical (unpaired) electrons.